The predicted molar refractivity (Wildman–Crippen MR) is 81.2 cm³/mol. The normalized spacial score (nSPS) is 18.4. The second-order valence-corrected chi connectivity index (χ2v) is 5.72. The number of anilines is 1. The lowest BCUT2D eigenvalue weighted by Crippen LogP contribution is -2.63. The first-order valence-electron chi connectivity index (χ1n) is 7.67. The zero-order chi connectivity index (χ0) is 13.9. The molecule has 0 aliphatic carbocycles. The molecule has 0 aromatic heterocycles. The Morgan fingerprint density at radius 2 is 2.15 bits per heavy atom. The van der Waals surface area contributed by atoms with E-state index >= 15 is 0 Å². The molecule has 4 nitrogen and oxygen atoms in total. The van der Waals surface area contributed by atoms with E-state index in [-0.39, 0.29) is 6.03 Å². The highest BCUT2D eigenvalue weighted by molar-refractivity contribution is 5.75. The van der Waals surface area contributed by atoms with Gasteiger partial charge >= 0.3 is 6.03 Å². The van der Waals surface area contributed by atoms with Crippen molar-refractivity contribution in [3.63, 3.8) is 0 Å². The van der Waals surface area contributed by atoms with Gasteiger partial charge in [-0.25, -0.2) is 4.79 Å². The van der Waals surface area contributed by atoms with Crippen LogP contribution in [0.4, 0.5) is 10.5 Å². The number of benzene rings is 1. The second kappa shape index (κ2) is 5.73. The van der Waals surface area contributed by atoms with Crippen LogP contribution in [0.1, 0.15) is 25.3 Å². The Hall–Kier alpha value is -1.71. The van der Waals surface area contributed by atoms with Gasteiger partial charge in [0.2, 0.25) is 0 Å². The first-order valence-corrected chi connectivity index (χ1v) is 7.67. The number of rotatable bonds is 3. The summed E-state index contributed by atoms with van der Waals surface area (Å²) in [5.41, 5.74) is 2.82. The Bertz CT molecular complexity index is 482. The van der Waals surface area contributed by atoms with Crippen molar-refractivity contribution in [3.05, 3.63) is 29.8 Å². The summed E-state index contributed by atoms with van der Waals surface area (Å²) in [6.07, 6.45) is 3.39. The predicted octanol–water partition coefficient (Wildman–Crippen LogP) is 2.24. The number of likely N-dealkylation sites (tertiary alicyclic amines) is 1. The van der Waals surface area contributed by atoms with E-state index in [9.17, 15) is 4.79 Å². The molecular formula is C16H23N3O. The molecule has 0 radical (unpaired) electrons. The first-order chi connectivity index (χ1) is 9.79. The van der Waals surface area contributed by atoms with Gasteiger partial charge in [-0.2, -0.15) is 0 Å². The molecule has 3 rings (SSSR count). The molecule has 0 bridgehead atoms. The molecule has 2 aliphatic rings. The van der Waals surface area contributed by atoms with Crippen LogP contribution in [0.5, 0.6) is 0 Å². The number of hydrogen-bond acceptors (Lipinski definition) is 2. The smallest absolute Gasteiger partial charge is 0.317 e. The largest absolute Gasteiger partial charge is 0.365 e. The van der Waals surface area contributed by atoms with Gasteiger partial charge in [-0.3, -0.25) is 0 Å². The van der Waals surface area contributed by atoms with Gasteiger partial charge in [0.25, 0.3) is 0 Å². The molecule has 2 heterocycles. The summed E-state index contributed by atoms with van der Waals surface area (Å²) in [6.45, 7) is 5.66. The van der Waals surface area contributed by atoms with Gasteiger partial charge in [0.05, 0.1) is 6.04 Å². The maximum Gasteiger partial charge on any atom is 0.317 e. The number of para-hydroxylation sites is 1. The average molecular weight is 273 g/mol. The molecule has 2 amide bonds. The van der Waals surface area contributed by atoms with Crippen LogP contribution in [0.3, 0.4) is 0 Å². The number of nitrogens with one attached hydrogen (secondary N) is 1. The Labute approximate surface area is 120 Å². The van der Waals surface area contributed by atoms with Gasteiger partial charge in [0.1, 0.15) is 0 Å². The van der Waals surface area contributed by atoms with Crippen molar-refractivity contribution in [1.82, 2.24) is 10.2 Å². The minimum atomic E-state index is 0.0911. The van der Waals surface area contributed by atoms with E-state index in [1.54, 1.807) is 0 Å². The SMILES string of the molecule is CCCNC(=O)N1CC(N2CCCc3ccccc32)C1. The average Bonchev–Trinajstić information content (AvgIpc) is 2.44. The molecule has 1 N–H and O–H groups in total. The minimum absolute atomic E-state index is 0.0911. The molecule has 20 heavy (non-hydrogen) atoms. The molecule has 0 spiro atoms. The van der Waals surface area contributed by atoms with Gasteiger partial charge in [-0.1, -0.05) is 25.1 Å². The highest BCUT2D eigenvalue weighted by atomic mass is 16.2. The van der Waals surface area contributed by atoms with Crippen molar-refractivity contribution < 1.29 is 4.79 Å². The Morgan fingerprint density at radius 1 is 1.35 bits per heavy atom. The number of carbonyl (C=O) groups is 1. The Kier molecular flexibility index (Phi) is 3.81. The standard InChI is InChI=1S/C16H23N3O/c1-2-9-17-16(20)18-11-14(12-18)19-10-5-7-13-6-3-4-8-15(13)19/h3-4,6,8,14H,2,5,7,9-12H2,1H3,(H,17,20). The van der Waals surface area contributed by atoms with Crippen molar-refractivity contribution in [1.29, 1.82) is 0 Å². The lowest BCUT2D eigenvalue weighted by Gasteiger charge is -2.48. The van der Waals surface area contributed by atoms with Gasteiger partial charge < -0.3 is 15.1 Å². The summed E-state index contributed by atoms with van der Waals surface area (Å²) in [6, 6.07) is 9.26. The monoisotopic (exact) mass is 273 g/mol. The van der Waals surface area contributed by atoms with Crippen molar-refractivity contribution in [2.24, 2.45) is 0 Å². The molecule has 1 aromatic rings. The minimum Gasteiger partial charge on any atom is -0.365 e. The van der Waals surface area contributed by atoms with Crippen molar-refractivity contribution in [2.45, 2.75) is 32.2 Å². The van der Waals surface area contributed by atoms with Crippen LogP contribution < -0.4 is 10.2 Å². The number of fused-ring (bicyclic) bond motifs is 1. The number of carbonyl (C=O) groups excluding carboxylic acids is 1. The summed E-state index contributed by atoms with van der Waals surface area (Å²) < 4.78 is 0. The molecule has 0 unspecified atom stereocenters. The summed E-state index contributed by atoms with van der Waals surface area (Å²) in [5, 5.41) is 2.95. The lowest BCUT2D eigenvalue weighted by molar-refractivity contribution is 0.148. The van der Waals surface area contributed by atoms with Gasteiger partial charge in [-0.05, 0) is 30.9 Å². The van der Waals surface area contributed by atoms with Crippen LogP contribution in [-0.4, -0.2) is 43.2 Å². The first kappa shape index (κ1) is 13.3. The summed E-state index contributed by atoms with van der Waals surface area (Å²) in [4.78, 5) is 16.3. The molecule has 1 saturated heterocycles. The van der Waals surface area contributed by atoms with Crippen molar-refractivity contribution >= 4 is 11.7 Å². The Balaban J connectivity index is 1.59. The number of aryl methyl sites for hydroxylation is 1. The second-order valence-electron chi connectivity index (χ2n) is 5.72. The number of amides is 2. The molecular weight excluding hydrogens is 250 g/mol. The van der Waals surface area contributed by atoms with Crippen LogP contribution in [-0.2, 0) is 6.42 Å². The van der Waals surface area contributed by atoms with E-state index in [1.165, 1.54) is 24.1 Å². The number of urea groups is 1. The maximum absolute atomic E-state index is 11.9. The fourth-order valence-electron chi connectivity index (χ4n) is 3.10. The van der Waals surface area contributed by atoms with Crippen LogP contribution >= 0.6 is 0 Å². The Morgan fingerprint density at radius 3 is 2.95 bits per heavy atom. The van der Waals surface area contributed by atoms with E-state index < -0.39 is 0 Å². The fourth-order valence-corrected chi connectivity index (χ4v) is 3.10. The third-order valence-electron chi connectivity index (χ3n) is 4.26. The van der Waals surface area contributed by atoms with Gasteiger partial charge in [0, 0.05) is 31.9 Å². The number of hydrogen-bond donors (Lipinski definition) is 1. The van der Waals surface area contributed by atoms with E-state index in [1.807, 2.05) is 4.90 Å². The van der Waals surface area contributed by atoms with Crippen LogP contribution in [0.2, 0.25) is 0 Å². The van der Waals surface area contributed by atoms with Gasteiger partial charge in [-0.15, -0.1) is 0 Å². The van der Waals surface area contributed by atoms with Crippen LogP contribution in [0.15, 0.2) is 24.3 Å². The summed E-state index contributed by atoms with van der Waals surface area (Å²) in [5.74, 6) is 0. The van der Waals surface area contributed by atoms with E-state index in [2.05, 4.69) is 41.4 Å². The maximum atomic E-state index is 11.9. The number of nitrogens with zero attached hydrogens (tertiary/aromatic N) is 2. The molecule has 0 atom stereocenters. The molecule has 4 heteroatoms. The molecule has 0 saturated carbocycles. The highest BCUT2D eigenvalue weighted by Crippen LogP contribution is 2.31. The zero-order valence-corrected chi connectivity index (χ0v) is 12.1. The third-order valence-corrected chi connectivity index (χ3v) is 4.26. The van der Waals surface area contributed by atoms with Crippen LogP contribution in [0, 0.1) is 0 Å². The molecule has 108 valence electrons. The molecule has 1 aromatic carbocycles. The molecule has 2 aliphatic heterocycles. The van der Waals surface area contributed by atoms with Gasteiger partial charge in [0.15, 0.2) is 0 Å². The van der Waals surface area contributed by atoms with Crippen molar-refractivity contribution in [3.8, 4) is 0 Å². The topological polar surface area (TPSA) is 35.6 Å². The van der Waals surface area contributed by atoms with Crippen LogP contribution in [0.25, 0.3) is 0 Å². The molecule has 1 fully saturated rings. The summed E-state index contributed by atoms with van der Waals surface area (Å²) >= 11 is 0. The van der Waals surface area contributed by atoms with Crippen molar-refractivity contribution in [2.75, 3.05) is 31.1 Å². The van der Waals surface area contributed by atoms with E-state index in [0.29, 0.717) is 6.04 Å². The summed E-state index contributed by atoms with van der Waals surface area (Å²) in [7, 11) is 0. The lowest BCUT2D eigenvalue weighted by atomic mass is 9.97. The van der Waals surface area contributed by atoms with E-state index in [0.717, 1.165) is 32.6 Å². The fraction of sp³-hybridized carbons (Fsp3) is 0.562. The third kappa shape index (κ3) is 2.47. The quantitative estimate of drug-likeness (QED) is 0.917. The van der Waals surface area contributed by atoms with E-state index in [4.69, 9.17) is 0 Å². The zero-order valence-electron chi connectivity index (χ0n) is 12.1. The highest BCUT2D eigenvalue weighted by Gasteiger charge is 2.36.